The van der Waals surface area contributed by atoms with E-state index in [0.29, 0.717) is 12.1 Å². The normalized spacial score (nSPS) is 15.2. The highest BCUT2D eigenvalue weighted by Gasteiger charge is 2.17. The fourth-order valence-corrected chi connectivity index (χ4v) is 2.62. The van der Waals surface area contributed by atoms with Gasteiger partial charge in [0.05, 0.1) is 17.6 Å². The summed E-state index contributed by atoms with van der Waals surface area (Å²) < 4.78 is 5.36. The fourth-order valence-electron chi connectivity index (χ4n) is 2.62. The maximum Gasteiger partial charge on any atom is 0.224 e. The van der Waals surface area contributed by atoms with Gasteiger partial charge in [0, 0.05) is 24.6 Å². The molecule has 1 unspecified atom stereocenters. The largest absolute Gasteiger partial charge is 0.469 e. The lowest BCUT2D eigenvalue weighted by molar-refractivity contribution is -0.116. The first kappa shape index (κ1) is 13.5. The van der Waals surface area contributed by atoms with Gasteiger partial charge in [-0.15, -0.1) is 0 Å². The van der Waals surface area contributed by atoms with Crippen LogP contribution in [-0.4, -0.2) is 11.9 Å². The van der Waals surface area contributed by atoms with Gasteiger partial charge in [0.2, 0.25) is 5.91 Å². The summed E-state index contributed by atoms with van der Waals surface area (Å²) in [7, 11) is 0. The molecule has 1 aliphatic rings. The van der Waals surface area contributed by atoms with Crippen LogP contribution in [0, 0.1) is 0 Å². The lowest BCUT2D eigenvalue weighted by Crippen LogP contribution is -2.21. The van der Waals surface area contributed by atoms with Crippen molar-refractivity contribution in [1.29, 1.82) is 0 Å². The van der Waals surface area contributed by atoms with Crippen LogP contribution < -0.4 is 16.4 Å². The van der Waals surface area contributed by atoms with E-state index in [-0.39, 0.29) is 11.9 Å². The smallest absolute Gasteiger partial charge is 0.224 e. The maximum absolute atomic E-state index is 11.4. The highest BCUT2D eigenvalue weighted by molar-refractivity contribution is 5.95. The maximum atomic E-state index is 11.4. The van der Waals surface area contributed by atoms with Crippen molar-refractivity contribution in [2.24, 2.45) is 0 Å². The Labute approximate surface area is 123 Å². The Bertz CT molecular complexity index is 650. The molecule has 0 radical (unpaired) electrons. The number of hydrogen-bond donors (Lipinski definition) is 3. The summed E-state index contributed by atoms with van der Waals surface area (Å²) in [4.78, 5) is 11.4. The predicted octanol–water partition coefficient (Wildman–Crippen LogP) is 2.79. The summed E-state index contributed by atoms with van der Waals surface area (Å²) in [5.41, 5.74) is 9.57. The Balaban J connectivity index is 1.75. The first-order chi connectivity index (χ1) is 10.1. The van der Waals surface area contributed by atoms with E-state index in [9.17, 15) is 4.79 Å². The second kappa shape index (κ2) is 5.52. The Morgan fingerprint density at radius 1 is 1.43 bits per heavy atom. The van der Waals surface area contributed by atoms with E-state index in [2.05, 4.69) is 17.6 Å². The van der Waals surface area contributed by atoms with Gasteiger partial charge in [-0.25, -0.2) is 0 Å². The topological polar surface area (TPSA) is 80.3 Å². The summed E-state index contributed by atoms with van der Waals surface area (Å²) in [5, 5.41) is 6.27. The number of aryl methyl sites for hydroxylation is 1. The molecule has 2 aromatic rings. The van der Waals surface area contributed by atoms with E-state index in [1.807, 2.05) is 24.3 Å². The average Bonchev–Trinajstić information content (AvgIpc) is 2.92. The van der Waals surface area contributed by atoms with Crippen molar-refractivity contribution in [3.63, 3.8) is 0 Å². The van der Waals surface area contributed by atoms with Gasteiger partial charge in [-0.1, -0.05) is 0 Å². The first-order valence-corrected chi connectivity index (χ1v) is 7.13. The molecule has 0 bridgehead atoms. The van der Waals surface area contributed by atoms with Crippen molar-refractivity contribution in [2.45, 2.75) is 32.2 Å². The number of benzene rings is 1. The monoisotopic (exact) mass is 285 g/mol. The van der Waals surface area contributed by atoms with Crippen molar-refractivity contribution in [3.8, 4) is 0 Å². The second-order valence-electron chi connectivity index (χ2n) is 5.47. The Morgan fingerprint density at radius 3 is 3.05 bits per heavy atom. The minimum absolute atomic E-state index is 0.0498. The average molecular weight is 285 g/mol. The number of nitrogens with one attached hydrogen (secondary N) is 2. The Hall–Kier alpha value is -2.43. The van der Waals surface area contributed by atoms with Crippen LogP contribution in [0.4, 0.5) is 17.1 Å². The Kier molecular flexibility index (Phi) is 3.56. The Morgan fingerprint density at radius 2 is 2.29 bits per heavy atom. The molecule has 0 spiro atoms. The van der Waals surface area contributed by atoms with Crippen molar-refractivity contribution >= 4 is 23.0 Å². The van der Waals surface area contributed by atoms with E-state index in [1.165, 1.54) is 0 Å². The second-order valence-corrected chi connectivity index (χ2v) is 5.47. The van der Waals surface area contributed by atoms with Crippen LogP contribution in [0.2, 0.25) is 0 Å². The summed E-state index contributed by atoms with van der Waals surface area (Å²) in [5.74, 6) is 0.993. The van der Waals surface area contributed by atoms with Crippen LogP contribution >= 0.6 is 0 Å². The number of rotatable bonds is 4. The predicted molar refractivity (Wildman–Crippen MR) is 83.3 cm³/mol. The van der Waals surface area contributed by atoms with E-state index in [0.717, 1.165) is 35.5 Å². The first-order valence-electron chi connectivity index (χ1n) is 7.13. The molecule has 1 aromatic heterocycles. The van der Waals surface area contributed by atoms with Gasteiger partial charge < -0.3 is 20.8 Å². The minimum Gasteiger partial charge on any atom is -0.469 e. The van der Waals surface area contributed by atoms with Crippen LogP contribution in [0.5, 0.6) is 0 Å². The van der Waals surface area contributed by atoms with Gasteiger partial charge in [0.1, 0.15) is 5.76 Å². The summed E-state index contributed by atoms with van der Waals surface area (Å²) >= 11 is 0. The number of carbonyl (C=O) groups is 1. The van der Waals surface area contributed by atoms with E-state index in [1.54, 1.807) is 6.26 Å². The molecular formula is C16H19N3O2. The van der Waals surface area contributed by atoms with Gasteiger partial charge in [-0.2, -0.15) is 0 Å². The molecule has 0 saturated heterocycles. The van der Waals surface area contributed by atoms with Gasteiger partial charge in [0.15, 0.2) is 0 Å². The molecule has 0 fully saturated rings. The van der Waals surface area contributed by atoms with E-state index >= 15 is 0 Å². The summed E-state index contributed by atoms with van der Waals surface area (Å²) in [6.45, 7) is 2.09. The summed E-state index contributed by atoms with van der Waals surface area (Å²) in [6, 6.07) is 7.91. The lowest BCUT2D eigenvalue weighted by atomic mass is 10.0. The van der Waals surface area contributed by atoms with Crippen molar-refractivity contribution in [3.05, 3.63) is 41.9 Å². The van der Waals surface area contributed by atoms with E-state index < -0.39 is 0 Å². The van der Waals surface area contributed by atoms with Crippen LogP contribution in [0.3, 0.4) is 0 Å². The zero-order valence-corrected chi connectivity index (χ0v) is 12.0. The fraction of sp³-hybridized carbons (Fsp3) is 0.312. The molecule has 0 saturated carbocycles. The standard InChI is InChI=1S/C16H19N3O2/c1-10(7-12-3-2-6-21-12)18-15-8-11-4-5-16(20)19-14(11)9-13(15)17/h2-3,6,8-10,18H,4-5,7,17H2,1H3,(H,19,20). The third-order valence-electron chi connectivity index (χ3n) is 3.66. The number of carbonyl (C=O) groups excluding carboxylic acids is 1. The molecular weight excluding hydrogens is 266 g/mol. The van der Waals surface area contributed by atoms with Gasteiger partial charge in [0.25, 0.3) is 0 Å². The number of furan rings is 1. The summed E-state index contributed by atoms with van der Waals surface area (Å²) in [6.07, 6.45) is 3.75. The molecule has 5 nitrogen and oxygen atoms in total. The SMILES string of the molecule is CC(Cc1ccco1)Nc1cc2c(cc1N)NC(=O)CC2. The van der Waals surface area contributed by atoms with Crippen LogP contribution in [0.15, 0.2) is 34.9 Å². The molecule has 1 aliphatic heterocycles. The molecule has 21 heavy (non-hydrogen) atoms. The molecule has 110 valence electrons. The number of amides is 1. The quantitative estimate of drug-likeness (QED) is 0.755. The molecule has 3 rings (SSSR count). The third-order valence-corrected chi connectivity index (χ3v) is 3.66. The van der Waals surface area contributed by atoms with Gasteiger partial charge in [-0.3, -0.25) is 4.79 Å². The third kappa shape index (κ3) is 3.02. The van der Waals surface area contributed by atoms with Crippen molar-refractivity contribution < 1.29 is 9.21 Å². The van der Waals surface area contributed by atoms with Gasteiger partial charge >= 0.3 is 0 Å². The molecule has 5 heteroatoms. The molecule has 4 N–H and O–H groups in total. The molecule has 1 atom stereocenters. The van der Waals surface area contributed by atoms with Crippen LogP contribution in [-0.2, 0) is 17.6 Å². The van der Waals surface area contributed by atoms with Crippen LogP contribution in [0.1, 0.15) is 24.7 Å². The highest BCUT2D eigenvalue weighted by atomic mass is 16.3. The minimum atomic E-state index is 0.0498. The molecule has 1 aromatic carbocycles. The van der Waals surface area contributed by atoms with Gasteiger partial charge in [-0.05, 0) is 43.2 Å². The van der Waals surface area contributed by atoms with Crippen molar-refractivity contribution in [2.75, 3.05) is 16.4 Å². The number of anilines is 3. The zero-order chi connectivity index (χ0) is 14.8. The number of nitrogens with two attached hydrogens (primary N) is 1. The molecule has 2 heterocycles. The number of hydrogen-bond acceptors (Lipinski definition) is 4. The molecule has 1 amide bonds. The van der Waals surface area contributed by atoms with E-state index in [4.69, 9.17) is 10.2 Å². The number of fused-ring (bicyclic) bond motifs is 1. The highest BCUT2D eigenvalue weighted by Crippen LogP contribution is 2.31. The molecule has 0 aliphatic carbocycles. The van der Waals surface area contributed by atoms with Crippen molar-refractivity contribution in [1.82, 2.24) is 0 Å². The number of nitrogen functional groups attached to an aromatic ring is 1. The zero-order valence-electron chi connectivity index (χ0n) is 12.0. The van der Waals surface area contributed by atoms with Crippen LogP contribution in [0.25, 0.3) is 0 Å². The lowest BCUT2D eigenvalue weighted by Gasteiger charge is -2.21.